The summed E-state index contributed by atoms with van der Waals surface area (Å²) in [6.07, 6.45) is 67.8. The summed E-state index contributed by atoms with van der Waals surface area (Å²) < 4.78 is 52.3. The summed E-state index contributed by atoms with van der Waals surface area (Å²) in [5, 5.41) is 9.35. The van der Waals surface area contributed by atoms with Crippen LogP contribution in [0.25, 0.3) is 0 Å². The van der Waals surface area contributed by atoms with Crippen molar-refractivity contribution in [3.8, 4) is 0 Å². The molecule has 0 radical (unpaired) electrons. The molecule has 2 heterocycles. The van der Waals surface area contributed by atoms with Crippen molar-refractivity contribution in [2.45, 2.75) is 361 Å². The highest BCUT2D eigenvalue weighted by Gasteiger charge is 2.56. The fourth-order valence-electron chi connectivity index (χ4n) is 27.0. The quantitative estimate of drug-likeness (QED) is 0.108. The Morgan fingerprint density at radius 2 is 0.675 bits per heavy atom. The van der Waals surface area contributed by atoms with Gasteiger partial charge in [0.25, 0.3) is 0 Å². The van der Waals surface area contributed by atoms with Gasteiger partial charge in [-0.15, -0.1) is 0 Å². The molecule has 0 aromatic heterocycles. The van der Waals surface area contributed by atoms with Crippen LogP contribution in [0.3, 0.4) is 0 Å². The number of carbonyl (C=O) groups excluding carboxylic acids is 1. The lowest BCUT2D eigenvalue weighted by molar-refractivity contribution is -0.113. The van der Waals surface area contributed by atoms with Crippen LogP contribution in [0.15, 0.2) is 153 Å². The van der Waals surface area contributed by atoms with Gasteiger partial charge in [-0.2, -0.15) is 0 Å². The van der Waals surface area contributed by atoms with E-state index in [-0.39, 0.29) is 33.7 Å². The van der Waals surface area contributed by atoms with Crippen LogP contribution in [0.5, 0.6) is 0 Å². The van der Waals surface area contributed by atoms with Gasteiger partial charge in [-0.1, -0.05) is 269 Å². The third-order valence-electron chi connectivity index (χ3n) is 35.7. The van der Waals surface area contributed by atoms with E-state index < -0.39 is 19.7 Å². The SMILES string of the molecule is C=C1CC[C@H](C)C/C1=C/C=C1\CCC[C@@]2(C)C1CCC2[C@H](C)/C=C/[C@H](C)C(C)C.C=C1CC[C@H](O)C/C1=C/C=C1\CCC[C@@]2(C)C1CCC2[C@H](C)/C=C/[C@H](C)C(C)C.CC(C)[C@@H](C)/C=C/[C@@H](C)C1CCC2/C(=C/C3C4=C(CC[C@H](C)C4)CS3(=O)=O)CCC[C@@]21C.C[C@H]1CCC2=C(C1)C(/C=C1\CCC[C@@]3(C)C1CCC3[C@H](C)C=O)S(=O)(=O)C2. The van der Waals surface area contributed by atoms with E-state index in [4.69, 9.17) is 0 Å². The van der Waals surface area contributed by atoms with E-state index in [1.807, 2.05) is 0 Å². The minimum absolute atomic E-state index is 0.100. The van der Waals surface area contributed by atoms with Crippen LogP contribution in [0.2, 0.25) is 0 Å². The molecule has 1 N–H and O–H groups in total. The maximum Gasteiger partial charge on any atom is 0.164 e. The van der Waals surface area contributed by atoms with Crippen LogP contribution in [0, 0.1) is 146 Å². The summed E-state index contributed by atoms with van der Waals surface area (Å²) in [5.41, 5.74) is 18.1. The summed E-state index contributed by atoms with van der Waals surface area (Å²) >= 11 is 0. The maximum absolute atomic E-state index is 13.2. The fraction of sp³-hybridized carbons (Fsp3) is 0.752. The van der Waals surface area contributed by atoms with Gasteiger partial charge in [-0.3, -0.25) is 0 Å². The second-order valence-corrected chi connectivity index (χ2v) is 48.9. The minimum atomic E-state index is -3.08. The van der Waals surface area contributed by atoms with Gasteiger partial charge < -0.3 is 9.90 Å². The molecule has 117 heavy (non-hydrogen) atoms. The lowest BCUT2D eigenvalue weighted by Crippen LogP contribution is -2.36. The molecule has 10 fully saturated rings. The van der Waals surface area contributed by atoms with Crippen molar-refractivity contribution >= 4 is 26.0 Å². The van der Waals surface area contributed by atoms with Crippen molar-refractivity contribution in [3.63, 3.8) is 0 Å². The van der Waals surface area contributed by atoms with E-state index in [0.717, 1.165) is 138 Å². The number of hydrogen-bond acceptors (Lipinski definition) is 6. The van der Waals surface area contributed by atoms with E-state index in [9.17, 15) is 26.7 Å². The Morgan fingerprint density at radius 1 is 0.368 bits per heavy atom. The molecule has 12 aliphatic carbocycles. The zero-order valence-corrected chi connectivity index (χ0v) is 79.8. The molecule has 0 aromatic rings. The average Bonchev–Trinajstić information content (AvgIpc) is 1.61. The largest absolute Gasteiger partial charge is 0.393 e. The van der Waals surface area contributed by atoms with E-state index in [0.29, 0.717) is 98.9 Å². The number of allylic oxidation sites excluding steroid dienone is 17. The predicted molar refractivity (Wildman–Crippen MR) is 500 cm³/mol. The van der Waals surface area contributed by atoms with Crippen LogP contribution in [-0.4, -0.2) is 56.3 Å². The summed E-state index contributed by atoms with van der Waals surface area (Å²) in [4.78, 5) is 11.4. The van der Waals surface area contributed by atoms with Gasteiger partial charge in [0.2, 0.25) is 0 Å². The molecule has 6 nitrogen and oxygen atoms in total. The Balaban J connectivity index is 0.000000153. The molecule has 0 bridgehead atoms. The van der Waals surface area contributed by atoms with E-state index in [1.54, 1.807) is 11.1 Å². The smallest absolute Gasteiger partial charge is 0.164 e. The number of aldehydes is 1. The first-order chi connectivity index (χ1) is 55.2. The number of hydrogen-bond donors (Lipinski definition) is 1. The van der Waals surface area contributed by atoms with Gasteiger partial charge >= 0.3 is 0 Å². The van der Waals surface area contributed by atoms with E-state index >= 15 is 0 Å². The number of carbonyl (C=O) groups is 1. The Kier molecular flexibility index (Phi) is 31.7. The van der Waals surface area contributed by atoms with Crippen LogP contribution < -0.4 is 0 Å². The first-order valence-corrected chi connectivity index (χ1v) is 52.3. The van der Waals surface area contributed by atoms with Gasteiger partial charge in [0.05, 0.1) is 17.6 Å². The highest BCUT2D eigenvalue weighted by Crippen LogP contribution is 2.64. The second-order valence-electron chi connectivity index (χ2n) is 44.6. The molecule has 654 valence electrons. The molecule has 0 spiro atoms. The molecule has 14 rings (SSSR count). The summed E-state index contributed by atoms with van der Waals surface area (Å²) in [6, 6.07) is 0. The van der Waals surface area contributed by atoms with Crippen molar-refractivity contribution in [1.29, 1.82) is 0 Å². The topological polar surface area (TPSA) is 106 Å². The molecule has 10 unspecified atom stereocenters. The van der Waals surface area contributed by atoms with Crippen LogP contribution >= 0.6 is 0 Å². The van der Waals surface area contributed by atoms with E-state index in [2.05, 4.69) is 225 Å². The number of aliphatic hydroxyl groups is 1. The van der Waals surface area contributed by atoms with Crippen molar-refractivity contribution in [2.75, 3.05) is 11.5 Å². The molecule has 2 aliphatic heterocycles. The molecule has 10 saturated carbocycles. The number of fused-ring (bicyclic) bond motifs is 4. The lowest BCUT2D eigenvalue weighted by atomic mass is 9.61. The minimum Gasteiger partial charge on any atom is -0.393 e. The van der Waals surface area contributed by atoms with Gasteiger partial charge in [0.15, 0.2) is 19.7 Å². The number of sulfone groups is 2. The molecule has 25 atom stereocenters. The number of rotatable bonds is 18. The Bertz CT molecular complexity index is 3970. The Labute approximate surface area is 718 Å². The second kappa shape index (κ2) is 39.6. The summed E-state index contributed by atoms with van der Waals surface area (Å²) in [6.45, 7) is 56.0. The van der Waals surface area contributed by atoms with E-state index in [1.165, 1.54) is 171 Å². The highest BCUT2D eigenvalue weighted by molar-refractivity contribution is 7.93. The van der Waals surface area contributed by atoms with Crippen LogP contribution in [0.4, 0.5) is 0 Å². The zero-order chi connectivity index (χ0) is 85.0. The van der Waals surface area contributed by atoms with Crippen LogP contribution in [-0.2, 0) is 24.5 Å². The molecular formula is C109H170O6S2. The molecule has 14 aliphatic rings. The molecule has 0 aromatic carbocycles. The van der Waals surface area contributed by atoms with Gasteiger partial charge in [-0.25, -0.2) is 16.8 Å². The molecule has 0 amide bonds. The standard InChI is InChI=1S/C29H46O2S.C29H46.C28H44O.C23H34O3S/c1-19(2)21(4)10-11-22(5)26-13-14-27-23(8-7-15-29(26,27)6)17-28-25-16-20(3)9-12-24(25)18-32(28,30)31;1-20(2)22(4)12-13-24(6)27-16-17-28-25(9-8-18-29(27,28)7)14-15-26-19-21(3)10-11-23(26)5;1-19(2)20(3)9-10-22(5)26-15-16-27-23(8-7-17-28(26,27)6)12-13-24-18-25(29)14-11-21(24)4;1-15-6-7-18-14-27(25,26)22(19(18)11-15)12-17-5-4-10-23(3)20(16(2)13-24)8-9-21(17)23/h10-11,17,19-22,26-28H,7-9,12-16,18H2,1-6H3;12-15,20-22,24,27-28H,5,8-11,16-19H2,1-4,6-7H3;9-10,12-13,19-20,22,25-27,29H,4,7-8,11,14-18H2,1-3,5-6H3;12-13,15-16,20-22H,4-11,14H2,1-3H3/b11-10+,23-17+;13-12+,25-14+,26-15-;10-9+,23-12+,24-13-;17-12+/t20-,21-,22+,26?,27?,28?,29+;21-,22-,24+,27?,28?,29+;20-,22+,25-,26?,27?,28+;15-,16+,20?,21?,22?,23+/m0000/s1. The van der Waals surface area contributed by atoms with Crippen LogP contribution in [0.1, 0.15) is 344 Å². The predicted octanol–water partition coefficient (Wildman–Crippen LogP) is 29.0. The molecule has 8 heteroatoms. The van der Waals surface area contributed by atoms with Crippen molar-refractivity contribution in [1.82, 2.24) is 0 Å². The third-order valence-corrected chi connectivity index (χ3v) is 39.6. The first-order valence-electron chi connectivity index (χ1n) is 48.8. The van der Waals surface area contributed by atoms with Crippen molar-refractivity contribution in [2.24, 2.45) is 146 Å². The zero-order valence-electron chi connectivity index (χ0n) is 78.1. The first kappa shape index (κ1) is 93.8. The summed E-state index contributed by atoms with van der Waals surface area (Å²) in [5.74, 6) is 14.1. The maximum atomic E-state index is 13.2. The fourth-order valence-corrected chi connectivity index (χ4v) is 31.2. The molecule has 0 saturated heterocycles. The average molecular weight is 1640 g/mol. The lowest BCUT2D eigenvalue weighted by Gasteiger charge is -2.44. The normalized spacial score (nSPS) is 39.9. The van der Waals surface area contributed by atoms with Crippen molar-refractivity contribution < 1.29 is 26.7 Å². The third kappa shape index (κ3) is 21.2. The highest BCUT2D eigenvalue weighted by atomic mass is 32.2. The summed E-state index contributed by atoms with van der Waals surface area (Å²) in [7, 11) is -6.14. The Morgan fingerprint density at radius 3 is 1.03 bits per heavy atom. The van der Waals surface area contributed by atoms with Gasteiger partial charge in [0, 0.05) is 5.92 Å². The Hall–Kier alpha value is -3.85. The van der Waals surface area contributed by atoms with Crippen molar-refractivity contribution in [3.05, 3.63) is 153 Å². The van der Waals surface area contributed by atoms with Gasteiger partial charge in [-0.05, 0) is 368 Å². The monoisotopic (exact) mass is 1640 g/mol. The van der Waals surface area contributed by atoms with Gasteiger partial charge in [0.1, 0.15) is 16.8 Å². The number of aliphatic hydroxyl groups excluding tert-OH is 1. The molecular weight excluding hydrogens is 1470 g/mol.